The zero-order valence-electron chi connectivity index (χ0n) is 15.6. The van der Waals surface area contributed by atoms with Gasteiger partial charge < -0.3 is 19.3 Å². The molecule has 1 aromatic carbocycles. The topological polar surface area (TPSA) is 85.2 Å². The third kappa shape index (κ3) is 4.04. The van der Waals surface area contributed by atoms with Crippen molar-refractivity contribution >= 4 is 0 Å². The highest BCUT2D eigenvalue weighted by Crippen LogP contribution is 2.25. The van der Waals surface area contributed by atoms with Gasteiger partial charge in [0.1, 0.15) is 11.5 Å². The molecule has 27 heavy (non-hydrogen) atoms. The van der Waals surface area contributed by atoms with Gasteiger partial charge in [-0.25, -0.2) is 0 Å². The number of aryl methyl sites for hydroxylation is 1. The molecule has 1 fully saturated rings. The van der Waals surface area contributed by atoms with E-state index >= 15 is 0 Å². The number of aromatic nitrogens is 3. The summed E-state index contributed by atoms with van der Waals surface area (Å²) in [5.74, 6) is 2.12. The highest BCUT2D eigenvalue weighted by Gasteiger charge is 2.29. The molecule has 7 nitrogen and oxygen atoms in total. The summed E-state index contributed by atoms with van der Waals surface area (Å²) in [4.78, 5) is 0. The van der Waals surface area contributed by atoms with Gasteiger partial charge in [-0.1, -0.05) is 5.16 Å². The summed E-state index contributed by atoms with van der Waals surface area (Å²) in [7, 11) is 1.67. The predicted octanol–water partition coefficient (Wildman–Crippen LogP) is 2.73. The average molecular weight is 368 g/mol. The summed E-state index contributed by atoms with van der Waals surface area (Å²) < 4.78 is 16.3. The number of hydrogen-bond donors (Lipinski definition) is 2. The van der Waals surface area contributed by atoms with Crippen molar-refractivity contribution in [3.05, 3.63) is 53.5 Å². The molecule has 0 amide bonds. The summed E-state index contributed by atoms with van der Waals surface area (Å²) in [6, 6.07) is 10.2. The molecule has 0 unspecified atom stereocenters. The predicted molar refractivity (Wildman–Crippen MR) is 100 cm³/mol. The van der Waals surface area contributed by atoms with Crippen molar-refractivity contribution in [1.82, 2.24) is 20.7 Å². The van der Waals surface area contributed by atoms with E-state index in [2.05, 4.69) is 20.7 Å². The molecule has 0 bridgehead atoms. The smallest absolute Gasteiger partial charge is 0.137 e. The fraction of sp³-hybridized carbons (Fsp3) is 0.400. The second-order valence-corrected chi connectivity index (χ2v) is 6.92. The van der Waals surface area contributed by atoms with E-state index in [-0.39, 0.29) is 6.04 Å². The maximum Gasteiger partial charge on any atom is 0.137 e. The molecule has 3 aromatic rings. The van der Waals surface area contributed by atoms with E-state index < -0.39 is 0 Å². The number of methoxy groups -OCH3 is 1. The number of H-pyrrole nitrogens is 1. The van der Waals surface area contributed by atoms with Crippen molar-refractivity contribution in [2.24, 2.45) is 5.92 Å². The highest BCUT2D eigenvalue weighted by molar-refractivity contribution is 5.63. The van der Waals surface area contributed by atoms with Crippen molar-refractivity contribution < 1.29 is 14.0 Å². The van der Waals surface area contributed by atoms with Crippen LogP contribution in [0.3, 0.4) is 0 Å². The monoisotopic (exact) mass is 368 g/mol. The number of aromatic amines is 1. The van der Waals surface area contributed by atoms with E-state index in [4.69, 9.17) is 14.0 Å². The number of rotatable bonds is 7. The molecule has 0 radical (unpaired) electrons. The fourth-order valence-electron chi connectivity index (χ4n) is 3.49. The van der Waals surface area contributed by atoms with Gasteiger partial charge in [-0.05, 0) is 31.2 Å². The quantitative estimate of drug-likeness (QED) is 0.667. The standard InChI is InChI=1S/C20H24N4O3/c1-13-7-18(27-24-13)8-15-11-26-12-19(15)21-9-16-10-22-23-20(16)14-3-5-17(25-2)6-4-14/h3-7,10,15,19,21H,8-9,11-12H2,1-2H3,(H,22,23)/t15-,19-/m1/s1. The summed E-state index contributed by atoms with van der Waals surface area (Å²) in [6.07, 6.45) is 2.70. The third-order valence-electron chi connectivity index (χ3n) is 4.99. The van der Waals surface area contributed by atoms with Crippen LogP contribution in [0.5, 0.6) is 5.75 Å². The first-order valence-corrected chi connectivity index (χ1v) is 9.13. The largest absolute Gasteiger partial charge is 0.497 e. The van der Waals surface area contributed by atoms with Gasteiger partial charge in [-0.3, -0.25) is 5.10 Å². The van der Waals surface area contributed by atoms with Crippen LogP contribution in [-0.2, 0) is 17.7 Å². The van der Waals surface area contributed by atoms with Crippen LogP contribution < -0.4 is 10.1 Å². The molecule has 2 atom stereocenters. The zero-order chi connectivity index (χ0) is 18.6. The second-order valence-electron chi connectivity index (χ2n) is 6.92. The molecule has 2 N–H and O–H groups in total. The Hall–Kier alpha value is -2.64. The Balaban J connectivity index is 1.40. The Kier molecular flexibility index (Phi) is 5.22. The van der Waals surface area contributed by atoms with Crippen molar-refractivity contribution in [2.45, 2.75) is 25.9 Å². The Morgan fingerprint density at radius 3 is 2.85 bits per heavy atom. The van der Waals surface area contributed by atoms with Crippen molar-refractivity contribution in [3.8, 4) is 17.0 Å². The van der Waals surface area contributed by atoms with Crippen LogP contribution in [-0.4, -0.2) is 41.7 Å². The van der Waals surface area contributed by atoms with Crippen molar-refractivity contribution in [1.29, 1.82) is 0 Å². The van der Waals surface area contributed by atoms with E-state index in [1.807, 2.05) is 43.5 Å². The first kappa shape index (κ1) is 17.8. The lowest BCUT2D eigenvalue weighted by atomic mass is 9.97. The van der Waals surface area contributed by atoms with Gasteiger partial charge in [0.25, 0.3) is 0 Å². The first-order valence-electron chi connectivity index (χ1n) is 9.13. The summed E-state index contributed by atoms with van der Waals surface area (Å²) in [5, 5.41) is 14.9. The summed E-state index contributed by atoms with van der Waals surface area (Å²) in [6.45, 7) is 4.09. The lowest BCUT2D eigenvalue weighted by molar-refractivity contribution is 0.181. The minimum atomic E-state index is 0.272. The molecule has 4 rings (SSSR count). The van der Waals surface area contributed by atoms with Gasteiger partial charge in [-0.15, -0.1) is 0 Å². The number of ether oxygens (including phenoxy) is 2. The lowest BCUT2D eigenvalue weighted by Crippen LogP contribution is -2.36. The molecule has 142 valence electrons. The van der Waals surface area contributed by atoms with E-state index in [1.165, 1.54) is 0 Å². The van der Waals surface area contributed by atoms with Crippen LogP contribution in [0.15, 0.2) is 41.1 Å². The Morgan fingerprint density at radius 1 is 1.26 bits per heavy atom. The van der Waals surface area contributed by atoms with E-state index in [1.54, 1.807) is 7.11 Å². The summed E-state index contributed by atoms with van der Waals surface area (Å²) in [5.41, 5.74) is 4.14. The van der Waals surface area contributed by atoms with Crippen molar-refractivity contribution in [2.75, 3.05) is 20.3 Å². The third-order valence-corrected chi connectivity index (χ3v) is 4.99. The molecular formula is C20H24N4O3. The molecule has 1 aliphatic heterocycles. The number of benzene rings is 1. The molecule has 2 aromatic heterocycles. The molecule has 3 heterocycles. The fourth-order valence-corrected chi connectivity index (χ4v) is 3.49. The molecule has 1 saturated heterocycles. The Morgan fingerprint density at radius 2 is 2.11 bits per heavy atom. The summed E-state index contributed by atoms with van der Waals surface area (Å²) >= 11 is 0. The van der Waals surface area contributed by atoms with Crippen LogP contribution in [0.2, 0.25) is 0 Å². The normalized spacial score (nSPS) is 19.5. The van der Waals surface area contributed by atoms with Gasteiger partial charge in [0.15, 0.2) is 0 Å². The van der Waals surface area contributed by atoms with Crippen LogP contribution in [0.25, 0.3) is 11.3 Å². The molecule has 1 aliphatic rings. The van der Waals surface area contributed by atoms with Gasteiger partial charge in [0.05, 0.1) is 37.9 Å². The maximum atomic E-state index is 5.70. The molecule has 0 aliphatic carbocycles. The van der Waals surface area contributed by atoms with Crippen LogP contribution in [0.4, 0.5) is 0 Å². The first-order chi connectivity index (χ1) is 13.2. The Labute approximate surface area is 158 Å². The molecule has 7 heteroatoms. The highest BCUT2D eigenvalue weighted by atomic mass is 16.5. The van der Waals surface area contributed by atoms with Crippen molar-refractivity contribution in [3.63, 3.8) is 0 Å². The van der Waals surface area contributed by atoms with Crippen LogP contribution >= 0.6 is 0 Å². The zero-order valence-corrected chi connectivity index (χ0v) is 15.6. The maximum absolute atomic E-state index is 5.70. The van der Waals surface area contributed by atoms with E-state index in [0.717, 1.165) is 53.6 Å². The second kappa shape index (κ2) is 7.94. The lowest BCUT2D eigenvalue weighted by Gasteiger charge is -2.18. The number of nitrogens with one attached hydrogen (secondary N) is 2. The SMILES string of the molecule is COc1ccc(-c2[nH]ncc2CN[C@@H]2COC[C@H]2Cc2cc(C)no2)cc1. The van der Waals surface area contributed by atoms with E-state index in [9.17, 15) is 0 Å². The Bertz CT molecular complexity index is 871. The minimum absolute atomic E-state index is 0.272. The van der Waals surface area contributed by atoms with Gasteiger partial charge in [-0.2, -0.15) is 5.10 Å². The van der Waals surface area contributed by atoms with E-state index in [0.29, 0.717) is 12.5 Å². The number of nitrogens with zero attached hydrogens (tertiary/aromatic N) is 2. The average Bonchev–Trinajstić information content (AvgIpc) is 3.42. The molecule has 0 saturated carbocycles. The molecule has 0 spiro atoms. The van der Waals surface area contributed by atoms with Gasteiger partial charge in [0.2, 0.25) is 0 Å². The van der Waals surface area contributed by atoms with Gasteiger partial charge >= 0.3 is 0 Å². The number of hydrogen-bond acceptors (Lipinski definition) is 6. The van der Waals surface area contributed by atoms with Crippen LogP contribution in [0.1, 0.15) is 17.0 Å². The van der Waals surface area contributed by atoms with Crippen LogP contribution in [0, 0.1) is 12.8 Å². The van der Waals surface area contributed by atoms with Gasteiger partial charge in [0, 0.05) is 42.1 Å². The molecular weight excluding hydrogens is 344 g/mol. The minimum Gasteiger partial charge on any atom is -0.497 e.